The Kier molecular flexibility index (Phi) is 3.96. The van der Waals surface area contributed by atoms with E-state index in [9.17, 15) is 5.11 Å². The van der Waals surface area contributed by atoms with Crippen LogP contribution in [0.25, 0.3) is 16.9 Å². The molecular formula is C17H16ClN3O. The molecule has 3 aromatic rings. The van der Waals surface area contributed by atoms with Crippen molar-refractivity contribution >= 4 is 11.6 Å². The summed E-state index contributed by atoms with van der Waals surface area (Å²) in [4.78, 5) is 0. The summed E-state index contributed by atoms with van der Waals surface area (Å²) < 4.78 is 1.76. The summed E-state index contributed by atoms with van der Waals surface area (Å²) >= 11 is 6.03. The molecule has 0 aliphatic rings. The highest BCUT2D eigenvalue weighted by molar-refractivity contribution is 6.30. The zero-order valence-electron chi connectivity index (χ0n) is 12.4. The lowest BCUT2D eigenvalue weighted by molar-refractivity contribution is 0.277. The molecule has 0 aliphatic heterocycles. The van der Waals surface area contributed by atoms with Gasteiger partial charge in [0.05, 0.1) is 12.3 Å². The quantitative estimate of drug-likeness (QED) is 0.802. The van der Waals surface area contributed by atoms with Gasteiger partial charge in [0.15, 0.2) is 0 Å². The number of rotatable bonds is 3. The number of halogens is 1. The van der Waals surface area contributed by atoms with Gasteiger partial charge in [0.25, 0.3) is 0 Å². The maximum Gasteiger partial charge on any atom is 0.117 e. The van der Waals surface area contributed by atoms with Crippen LogP contribution in [0, 0.1) is 13.8 Å². The van der Waals surface area contributed by atoms with Gasteiger partial charge in [0.2, 0.25) is 0 Å². The van der Waals surface area contributed by atoms with Gasteiger partial charge in [-0.15, -0.1) is 5.10 Å². The fraction of sp³-hybridized carbons (Fsp3) is 0.176. The molecule has 2 aromatic carbocycles. The molecular weight excluding hydrogens is 298 g/mol. The maximum atomic E-state index is 9.61. The fourth-order valence-corrected chi connectivity index (χ4v) is 2.78. The third kappa shape index (κ3) is 2.51. The Balaban J connectivity index is 2.26. The predicted octanol–water partition coefficient (Wildman–Crippen LogP) is 3.70. The Labute approximate surface area is 134 Å². The second-order valence-electron chi connectivity index (χ2n) is 5.20. The molecule has 0 bridgehead atoms. The first-order chi connectivity index (χ1) is 10.6. The first-order valence-corrected chi connectivity index (χ1v) is 7.37. The summed E-state index contributed by atoms with van der Waals surface area (Å²) in [6.07, 6.45) is 0. The van der Waals surface area contributed by atoms with Crippen LogP contribution in [0.1, 0.15) is 16.8 Å². The van der Waals surface area contributed by atoms with Crippen molar-refractivity contribution in [3.8, 4) is 16.9 Å². The zero-order valence-corrected chi connectivity index (χ0v) is 13.2. The molecule has 0 aliphatic carbocycles. The van der Waals surface area contributed by atoms with Gasteiger partial charge < -0.3 is 5.11 Å². The summed E-state index contributed by atoms with van der Waals surface area (Å²) in [5.74, 6) is 0. The number of benzene rings is 2. The van der Waals surface area contributed by atoms with Gasteiger partial charge in [-0.1, -0.05) is 41.1 Å². The van der Waals surface area contributed by atoms with E-state index < -0.39 is 0 Å². The number of aromatic nitrogens is 3. The number of aliphatic hydroxyl groups excluding tert-OH is 1. The summed E-state index contributed by atoms with van der Waals surface area (Å²) in [5, 5.41) is 18.6. The van der Waals surface area contributed by atoms with Crippen LogP contribution in [-0.4, -0.2) is 20.1 Å². The molecule has 0 atom stereocenters. The second kappa shape index (κ2) is 5.91. The van der Waals surface area contributed by atoms with Crippen molar-refractivity contribution in [3.63, 3.8) is 0 Å². The van der Waals surface area contributed by atoms with Gasteiger partial charge in [-0.2, -0.15) is 0 Å². The topological polar surface area (TPSA) is 50.9 Å². The van der Waals surface area contributed by atoms with E-state index in [-0.39, 0.29) is 6.61 Å². The van der Waals surface area contributed by atoms with E-state index in [4.69, 9.17) is 11.6 Å². The largest absolute Gasteiger partial charge is 0.390 e. The first-order valence-electron chi connectivity index (χ1n) is 6.99. The molecule has 0 spiro atoms. The number of hydrogen-bond acceptors (Lipinski definition) is 3. The van der Waals surface area contributed by atoms with E-state index in [1.807, 2.05) is 56.3 Å². The lowest BCUT2D eigenvalue weighted by Crippen LogP contribution is -2.03. The minimum atomic E-state index is -0.156. The third-order valence-corrected chi connectivity index (χ3v) is 3.91. The molecule has 3 rings (SSSR count). The number of aliphatic hydroxyl groups is 1. The lowest BCUT2D eigenvalue weighted by atomic mass is 10.0. The number of nitrogens with zero attached hydrogens (tertiary/aromatic N) is 3. The average Bonchev–Trinajstić information content (AvgIpc) is 2.91. The van der Waals surface area contributed by atoms with Crippen molar-refractivity contribution in [2.24, 2.45) is 0 Å². The van der Waals surface area contributed by atoms with Gasteiger partial charge in [-0.3, -0.25) is 0 Å². The third-order valence-electron chi connectivity index (χ3n) is 3.68. The second-order valence-corrected chi connectivity index (χ2v) is 5.64. The van der Waals surface area contributed by atoms with Gasteiger partial charge in [0, 0.05) is 10.6 Å². The van der Waals surface area contributed by atoms with Gasteiger partial charge in [0.1, 0.15) is 11.4 Å². The van der Waals surface area contributed by atoms with Crippen molar-refractivity contribution in [1.29, 1.82) is 0 Å². The Morgan fingerprint density at radius 1 is 1.09 bits per heavy atom. The standard InChI is InChI=1S/C17H16ClN3O/c1-11-5-3-4-6-14(11)17-15(10-22)19-20-21(17)16-8-7-13(18)9-12(16)2/h3-9,22H,10H2,1-2H3. The van der Waals surface area contributed by atoms with E-state index in [1.54, 1.807) is 4.68 Å². The Hall–Kier alpha value is -2.17. The number of aryl methyl sites for hydroxylation is 2. The van der Waals surface area contributed by atoms with Crippen LogP contribution in [0.2, 0.25) is 5.02 Å². The average molecular weight is 314 g/mol. The van der Waals surface area contributed by atoms with Crippen LogP contribution in [-0.2, 0) is 6.61 Å². The van der Waals surface area contributed by atoms with E-state index in [0.29, 0.717) is 10.7 Å². The van der Waals surface area contributed by atoms with Gasteiger partial charge in [-0.25, -0.2) is 4.68 Å². The molecule has 1 aromatic heterocycles. The van der Waals surface area contributed by atoms with Crippen LogP contribution < -0.4 is 0 Å². The highest BCUT2D eigenvalue weighted by Crippen LogP contribution is 2.29. The van der Waals surface area contributed by atoms with Crippen molar-refractivity contribution in [3.05, 3.63) is 64.3 Å². The Morgan fingerprint density at radius 3 is 2.55 bits per heavy atom. The molecule has 0 amide bonds. The summed E-state index contributed by atoms with van der Waals surface area (Å²) in [7, 11) is 0. The molecule has 1 N–H and O–H groups in total. The minimum Gasteiger partial charge on any atom is -0.390 e. The molecule has 0 saturated carbocycles. The molecule has 0 unspecified atom stereocenters. The van der Waals surface area contributed by atoms with E-state index in [1.165, 1.54) is 0 Å². The van der Waals surface area contributed by atoms with E-state index in [2.05, 4.69) is 10.3 Å². The molecule has 112 valence electrons. The van der Waals surface area contributed by atoms with Crippen molar-refractivity contribution < 1.29 is 5.11 Å². The molecule has 0 fully saturated rings. The van der Waals surface area contributed by atoms with Crippen LogP contribution in [0.3, 0.4) is 0 Å². The summed E-state index contributed by atoms with van der Waals surface area (Å²) in [6.45, 7) is 3.85. The molecule has 0 saturated heterocycles. The fourth-order valence-electron chi connectivity index (χ4n) is 2.55. The maximum absolute atomic E-state index is 9.61. The molecule has 0 radical (unpaired) electrons. The van der Waals surface area contributed by atoms with Crippen LogP contribution in [0.15, 0.2) is 42.5 Å². The van der Waals surface area contributed by atoms with Crippen LogP contribution >= 0.6 is 11.6 Å². The molecule has 4 nitrogen and oxygen atoms in total. The Bertz CT molecular complexity index is 827. The zero-order chi connectivity index (χ0) is 15.7. The summed E-state index contributed by atoms with van der Waals surface area (Å²) in [5.41, 5.74) is 5.37. The Morgan fingerprint density at radius 2 is 1.86 bits per heavy atom. The monoisotopic (exact) mass is 313 g/mol. The first kappa shape index (κ1) is 14.8. The molecule has 22 heavy (non-hydrogen) atoms. The van der Waals surface area contributed by atoms with Gasteiger partial charge >= 0.3 is 0 Å². The highest BCUT2D eigenvalue weighted by Gasteiger charge is 2.18. The normalized spacial score (nSPS) is 10.9. The highest BCUT2D eigenvalue weighted by atomic mass is 35.5. The van der Waals surface area contributed by atoms with E-state index in [0.717, 1.165) is 28.1 Å². The summed E-state index contributed by atoms with van der Waals surface area (Å²) in [6, 6.07) is 13.6. The molecule has 5 heteroatoms. The van der Waals surface area contributed by atoms with Crippen molar-refractivity contribution in [2.45, 2.75) is 20.5 Å². The predicted molar refractivity (Wildman–Crippen MR) is 87.2 cm³/mol. The van der Waals surface area contributed by atoms with Crippen LogP contribution in [0.4, 0.5) is 0 Å². The van der Waals surface area contributed by atoms with Crippen LogP contribution in [0.5, 0.6) is 0 Å². The SMILES string of the molecule is Cc1ccccc1-c1c(CO)nnn1-c1ccc(Cl)cc1C. The van der Waals surface area contributed by atoms with Crippen molar-refractivity contribution in [1.82, 2.24) is 15.0 Å². The van der Waals surface area contributed by atoms with Crippen molar-refractivity contribution in [2.75, 3.05) is 0 Å². The van der Waals surface area contributed by atoms with Gasteiger partial charge in [-0.05, 0) is 43.2 Å². The minimum absolute atomic E-state index is 0.156. The van der Waals surface area contributed by atoms with E-state index >= 15 is 0 Å². The lowest BCUT2D eigenvalue weighted by Gasteiger charge is -2.12. The smallest absolute Gasteiger partial charge is 0.117 e. The molecule has 1 heterocycles. The number of hydrogen-bond donors (Lipinski definition) is 1.